The van der Waals surface area contributed by atoms with Crippen molar-refractivity contribution in [3.05, 3.63) is 0 Å². The Bertz CT molecular complexity index is 245. The van der Waals surface area contributed by atoms with Crippen LogP contribution in [0.1, 0.15) is 41.0 Å². The third-order valence-electron chi connectivity index (χ3n) is 4.60. The van der Waals surface area contributed by atoms with Gasteiger partial charge >= 0.3 is 0 Å². The van der Waals surface area contributed by atoms with E-state index in [1.54, 1.807) is 0 Å². The highest BCUT2D eigenvalue weighted by atomic mass is 16.1. The Morgan fingerprint density at radius 2 is 1.75 bits per heavy atom. The topological polar surface area (TPSA) is 41.1 Å². The van der Waals surface area contributed by atoms with Gasteiger partial charge in [-0.3, -0.25) is 4.79 Å². The Kier molecular flexibility index (Phi) is 4.00. The van der Waals surface area contributed by atoms with Gasteiger partial charge in [-0.15, -0.1) is 0 Å². The van der Waals surface area contributed by atoms with Gasteiger partial charge in [-0.2, -0.15) is 0 Å². The van der Waals surface area contributed by atoms with E-state index in [-0.39, 0.29) is 5.91 Å². The number of nitrogens with one attached hydrogen (secondary N) is 2. The van der Waals surface area contributed by atoms with E-state index in [0.717, 1.165) is 19.6 Å². The van der Waals surface area contributed by atoms with E-state index in [9.17, 15) is 4.79 Å². The van der Waals surface area contributed by atoms with Gasteiger partial charge in [0.25, 0.3) is 0 Å². The van der Waals surface area contributed by atoms with Crippen molar-refractivity contribution in [3.63, 3.8) is 0 Å². The van der Waals surface area contributed by atoms with Gasteiger partial charge in [0, 0.05) is 19.5 Å². The second kappa shape index (κ2) is 4.74. The molecular formula is C13H26N2O. The van der Waals surface area contributed by atoms with Gasteiger partial charge in [0.05, 0.1) is 0 Å². The zero-order valence-corrected chi connectivity index (χ0v) is 11.3. The van der Waals surface area contributed by atoms with Crippen molar-refractivity contribution in [1.29, 1.82) is 0 Å². The van der Waals surface area contributed by atoms with Crippen LogP contribution in [0.2, 0.25) is 0 Å². The molecule has 0 unspecified atom stereocenters. The van der Waals surface area contributed by atoms with E-state index in [2.05, 4.69) is 38.3 Å². The number of amides is 1. The van der Waals surface area contributed by atoms with Crippen LogP contribution in [0, 0.1) is 16.7 Å². The summed E-state index contributed by atoms with van der Waals surface area (Å²) in [6.45, 7) is 13.7. The molecule has 3 nitrogen and oxygen atoms in total. The first-order valence-electron chi connectivity index (χ1n) is 6.31. The largest absolute Gasteiger partial charge is 0.356 e. The molecule has 1 fully saturated rings. The van der Waals surface area contributed by atoms with Gasteiger partial charge in [-0.25, -0.2) is 0 Å². The third kappa shape index (κ3) is 2.57. The van der Waals surface area contributed by atoms with Crippen molar-refractivity contribution >= 4 is 5.91 Å². The molecule has 2 N–H and O–H groups in total. The van der Waals surface area contributed by atoms with E-state index in [1.165, 1.54) is 0 Å². The molecule has 0 heterocycles. The third-order valence-corrected chi connectivity index (χ3v) is 4.60. The smallest absolute Gasteiger partial charge is 0.221 e. The molecule has 0 aromatic rings. The molecular weight excluding hydrogens is 200 g/mol. The lowest BCUT2D eigenvalue weighted by atomic mass is 10.0. The molecule has 1 aliphatic rings. The van der Waals surface area contributed by atoms with E-state index >= 15 is 0 Å². The van der Waals surface area contributed by atoms with Crippen LogP contribution < -0.4 is 10.6 Å². The van der Waals surface area contributed by atoms with Crippen molar-refractivity contribution in [2.24, 2.45) is 16.7 Å². The lowest BCUT2D eigenvalue weighted by Crippen LogP contribution is -2.30. The predicted molar refractivity (Wildman–Crippen MR) is 67.2 cm³/mol. The lowest BCUT2D eigenvalue weighted by Gasteiger charge is -2.06. The van der Waals surface area contributed by atoms with Crippen LogP contribution in [0.3, 0.4) is 0 Å². The highest BCUT2D eigenvalue weighted by molar-refractivity contribution is 5.76. The number of carbonyl (C=O) groups is 1. The highest BCUT2D eigenvalue weighted by Gasteiger charge is 2.64. The molecule has 1 rings (SSSR count). The summed E-state index contributed by atoms with van der Waals surface area (Å²) in [5, 5.41) is 6.19. The second-order valence-electron chi connectivity index (χ2n) is 5.90. The van der Waals surface area contributed by atoms with Crippen molar-refractivity contribution in [2.45, 2.75) is 41.0 Å². The summed E-state index contributed by atoms with van der Waals surface area (Å²) in [6.07, 6.45) is 0.585. The molecule has 0 radical (unpaired) electrons. The number of rotatable bonds is 6. The lowest BCUT2D eigenvalue weighted by molar-refractivity contribution is -0.121. The van der Waals surface area contributed by atoms with Crippen LogP contribution in [0.5, 0.6) is 0 Å². The van der Waals surface area contributed by atoms with E-state index < -0.39 is 0 Å². The number of carbonyl (C=O) groups excluding carboxylic acids is 1. The Hall–Kier alpha value is -0.570. The molecule has 0 saturated heterocycles. The van der Waals surface area contributed by atoms with Crippen molar-refractivity contribution in [1.82, 2.24) is 10.6 Å². The molecule has 16 heavy (non-hydrogen) atoms. The normalized spacial score (nSPS) is 21.8. The van der Waals surface area contributed by atoms with Gasteiger partial charge < -0.3 is 10.6 Å². The molecule has 0 bridgehead atoms. The molecule has 94 valence electrons. The summed E-state index contributed by atoms with van der Waals surface area (Å²) in [7, 11) is 0. The summed E-state index contributed by atoms with van der Waals surface area (Å²) in [6, 6.07) is 0. The minimum absolute atomic E-state index is 0.166. The van der Waals surface area contributed by atoms with Crippen LogP contribution in [0.25, 0.3) is 0 Å². The van der Waals surface area contributed by atoms with Crippen LogP contribution >= 0.6 is 0 Å². The predicted octanol–water partition coefficient (Wildman–Crippen LogP) is 1.78. The summed E-state index contributed by atoms with van der Waals surface area (Å²) in [5.74, 6) is 0.780. The van der Waals surface area contributed by atoms with Crippen LogP contribution in [0.4, 0.5) is 0 Å². The minimum atomic E-state index is 0.166. The molecule has 1 aliphatic carbocycles. The van der Waals surface area contributed by atoms with E-state index in [0.29, 0.717) is 23.2 Å². The second-order valence-corrected chi connectivity index (χ2v) is 5.90. The summed E-state index contributed by atoms with van der Waals surface area (Å²) < 4.78 is 0. The monoisotopic (exact) mass is 226 g/mol. The molecule has 1 saturated carbocycles. The summed E-state index contributed by atoms with van der Waals surface area (Å²) >= 11 is 0. The van der Waals surface area contributed by atoms with Gasteiger partial charge in [0.1, 0.15) is 0 Å². The maximum Gasteiger partial charge on any atom is 0.221 e. The molecule has 0 aromatic carbocycles. The van der Waals surface area contributed by atoms with Crippen LogP contribution in [0.15, 0.2) is 0 Å². The quantitative estimate of drug-likeness (QED) is 0.678. The fourth-order valence-corrected chi connectivity index (χ4v) is 2.53. The standard InChI is InChI=1S/C13H26N2O/c1-6-14-8-7-11(16)15-9-10-12(2,3)13(10,4)5/h10,14H,6-9H2,1-5H3,(H,15,16). The van der Waals surface area contributed by atoms with Crippen molar-refractivity contribution in [2.75, 3.05) is 19.6 Å². The zero-order valence-electron chi connectivity index (χ0n) is 11.3. The average molecular weight is 226 g/mol. The molecule has 0 spiro atoms. The Morgan fingerprint density at radius 3 is 2.19 bits per heavy atom. The van der Waals surface area contributed by atoms with Gasteiger partial charge in [-0.05, 0) is 23.3 Å². The first-order chi connectivity index (χ1) is 7.34. The first-order valence-corrected chi connectivity index (χ1v) is 6.31. The fraction of sp³-hybridized carbons (Fsp3) is 0.923. The van der Waals surface area contributed by atoms with Crippen molar-refractivity contribution < 1.29 is 4.79 Å². The Balaban J connectivity index is 2.19. The Morgan fingerprint density at radius 1 is 1.19 bits per heavy atom. The summed E-state index contributed by atoms with van der Waals surface area (Å²) in [4.78, 5) is 11.5. The number of hydrogen-bond acceptors (Lipinski definition) is 2. The van der Waals surface area contributed by atoms with E-state index in [1.807, 2.05) is 6.92 Å². The zero-order chi connectivity index (χ0) is 12.4. The minimum Gasteiger partial charge on any atom is -0.356 e. The van der Waals surface area contributed by atoms with Gasteiger partial charge in [0.15, 0.2) is 0 Å². The molecule has 0 atom stereocenters. The SMILES string of the molecule is CCNCCC(=O)NCC1C(C)(C)C1(C)C. The maximum atomic E-state index is 11.5. The number of hydrogen-bond donors (Lipinski definition) is 2. The molecule has 0 aliphatic heterocycles. The summed E-state index contributed by atoms with van der Waals surface area (Å²) in [5.41, 5.74) is 0.726. The fourth-order valence-electron chi connectivity index (χ4n) is 2.53. The molecule has 0 aromatic heterocycles. The molecule has 1 amide bonds. The average Bonchev–Trinajstić information content (AvgIpc) is 2.55. The Labute approximate surface area is 99.4 Å². The van der Waals surface area contributed by atoms with Gasteiger partial charge in [0.2, 0.25) is 5.91 Å². The first kappa shape index (κ1) is 13.5. The van der Waals surface area contributed by atoms with Crippen LogP contribution in [-0.2, 0) is 4.79 Å². The molecule has 3 heteroatoms. The van der Waals surface area contributed by atoms with Crippen molar-refractivity contribution in [3.8, 4) is 0 Å². The van der Waals surface area contributed by atoms with Crippen LogP contribution in [-0.4, -0.2) is 25.5 Å². The highest BCUT2D eigenvalue weighted by Crippen LogP contribution is 2.67. The van der Waals surface area contributed by atoms with E-state index in [4.69, 9.17) is 0 Å². The van der Waals surface area contributed by atoms with Gasteiger partial charge in [-0.1, -0.05) is 34.6 Å². The maximum absolute atomic E-state index is 11.5.